The molecule has 5 atom stereocenters. The van der Waals surface area contributed by atoms with Crippen molar-refractivity contribution in [2.24, 2.45) is 29.6 Å². The van der Waals surface area contributed by atoms with Gasteiger partial charge in [-0.2, -0.15) is 0 Å². The van der Waals surface area contributed by atoms with Crippen LogP contribution >= 0.6 is 0 Å². The lowest BCUT2D eigenvalue weighted by Crippen LogP contribution is -2.43. The summed E-state index contributed by atoms with van der Waals surface area (Å²) in [5, 5.41) is 0. The van der Waals surface area contributed by atoms with Crippen LogP contribution in [0.2, 0.25) is 0 Å². The Balaban J connectivity index is 1.62. The maximum absolute atomic E-state index is 11.5. The predicted molar refractivity (Wildman–Crippen MR) is 57.2 cm³/mol. The van der Waals surface area contributed by atoms with Gasteiger partial charge in [-0.1, -0.05) is 0 Å². The molecular weight excluding hydrogens is 188 g/mol. The first-order valence-corrected chi connectivity index (χ1v) is 6.47. The van der Waals surface area contributed by atoms with Gasteiger partial charge in [0.25, 0.3) is 0 Å². The average molecular weight is 208 g/mol. The lowest BCUT2D eigenvalue weighted by Gasteiger charge is -2.47. The third-order valence-electron chi connectivity index (χ3n) is 5.08. The van der Waals surface area contributed by atoms with Crippen molar-refractivity contribution in [3.63, 3.8) is 0 Å². The molecule has 0 amide bonds. The molecule has 0 N–H and O–H groups in total. The van der Waals surface area contributed by atoms with Crippen molar-refractivity contribution in [2.75, 3.05) is 6.61 Å². The van der Waals surface area contributed by atoms with Gasteiger partial charge in [0, 0.05) is 6.42 Å². The van der Waals surface area contributed by atoms with E-state index in [-0.39, 0.29) is 5.97 Å². The second kappa shape index (κ2) is 3.50. The lowest BCUT2D eigenvalue weighted by molar-refractivity contribution is -0.148. The largest absolute Gasteiger partial charge is 0.466 e. The quantitative estimate of drug-likeness (QED) is 0.666. The van der Waals surface area contributed by atoms with Crippen LogP contribution in [0, 0.1) is 29.6 Å². The molecule has 2 heteroatoms. The van der Waals surface area contributed by atoms with Gasteiger partial charge in [-0.15, -0.1) is 0 Å². The number of ether oxygens (including phenoxy) is 1. The van der Waals surface area contributed by atoms with Gasteiger partial charge in [0.05, 0.1) is 6.61 Å². The summed E-state index contributed by atoms with van der Waals surface area (Å²) in [6, 6.07) is 0. The molecule has 84 valence electrons. The molecule has 3 fully saturated rings. The Labute approximate surface area is 91.4 Å². The van der Waals surface area contributed by atoms with Crippen molar-refractivity contribution >= 4 is 5.97 Å². The molecule has 15 heavy (non-hydrogen) atoms. The molecule has 0 aromatic carbocycles. The second-order valence-corrected chi connectivity index (χ2v) is 5.49. The van der Waals surface area contributed by atoms with Crippen LogP contribution < -0.4 is 0 Å². The number of rotatable bonds is 3. The van der Waals surface area contributed by atoms with Gasteiger partial charge in [0.15, 0.2) is 0 Å². The Morgan fingerprint density at radius 2 is 1.87 bits per heavy atom. The summed E-state index contributed by atoms with van der Waals surface area (Å²) in [5.41, 5.74) is 0. The fourth-order valence-corrected chi connectivity index (χ4v) is 4.63. The first-order chi connectivity index (χ1) is 7.31. The van der Waals surface area contributed by atoms with E-state index in [9.17, 15) is 4.79 Å². The third-order valence-corrected chi connectivity index (χ3v) is 5.08. The number of esters is 1. The van der Waals surface area contributed by atoms with Crippen molar-refractivity contribution in [3.8, 4) is 0 Å². The average Bonchev–Trinajstić information content (AvgIpc) is 2.67. The molecule has 0 radical (unpaired) electrons. The molecule has 3 aliphatic carbocycles. The standard InChI is InChI=1S/C13H20O2/c1-2-15-12(14)7-11-9-5-3-8-4-6-10(11)13(8)9/h8-11,13H,2-7H2,1H3/t8-,9+,10-,11?,13?. The van der Waals surface area contributed by atoms with Gasteiger partial charge >= 0.3 is 5.97 Å². The molecule has 3 saturated carbocycles. The molecule has 0 spiro atoms. The lowest BCUT2D eigenvalue weighted by atomic mass is 9.58. The summed E-state index contributed by atoms with van der Waals surface area (Å²) in [4.78, 5) is 11.5. The van der Waals surface area contributed by atoms with Crippen molar-refractivity contribution in [1.29, 1.82) is 0 Å². The van der Waals surface area contributed by atoms with E-state index in [0.717, 1.165) is 23.7 Å². The van der Waals surface area contributed by atoms with Crippen LogP contribution in [0.5, 0.6) is 0 Å². The van der Waals surface area contributed by atoms with E-state index in [2.05, 4.69) is 0 Å². The van der Waals surface area contributed by atoms with Crippen LogP contribution in [0.25, 0.3) is 0 Å². The first-order valence-electron chi connectivity index (χ1n) is 6.47. The van der Waals surface area contributed by atoms with Crippen LogP contribution in [0.3, 0.4) is 0 Å². The number of carbonyl (C=O) groups is 1. The first kappa shape index (κ1) is 9.68. The summed E-state index contributed by atoms with van der Waals surface area (Å²) < 4.78 is 5.06. The highest BCUT2D eigenvalue weighted by Gasteiger charge is 2.59. The van der Waals surface area contributed by atoms with Gasteiger partial charge in [-0.3, -0.25) is 4.79 Å². The summed E-state index contributed by atoms with van der Waals surface area (Å²) >= 11 is 0. The van der Waals surface area contributed by atoms with E-state index < -0.39 is 0 Å². The third kappa shape index (κ3) is 1.33. The molecule has 2 nitrogen and oxygen atoms in total. The van der Waals surface area contributed by atoms with Crippen molar-refractivity contribution in [3.05, 3.63) is 0 Å². The molecule has 0 aromatic rings. The van der Waals surface area contributed by atoms with Crippen molar-refractivity contribution < 1.29 is 9.53 Å². The highest BCUT2D eigenvalue weighted by Crippen LogP contribution is 2.65. The molecule has 0 aliphatic heterocycles. The van der Waals surface area contributed by atoms with E-state index in [4.69, 9.17) is 4.74 Å². The molecule has 0 saturated heterocycles. The summed E-state index contributed by atoms with van der Waals surface area (Å²) in [6.07, 6.45) is 6.34. The zero-order chi connectivity index (χ0) is 10.4. The number of carbonyl (C=O) groups excluding carboxylic acids is 1. The van der Waals surface area contributed by atoms with Crippen LogP contribution in [-0.4, -0.2) is 12.6 Å². The zero-order valence-electron chi connectivity index (χ0n) is 9.45. The minimum absolute atomic E-state index is 0.0382. The van der Waals surface area contributed by atoms with E-state index >= 15 is 0 Å². The van der Waals surface area contributed by atoms with Gasteiger partial charge < -0.3 is 4.74 Å². The van der Waals surface area contributed by atoms with E-state index in [1.54, 1.807) is 0 Å². The molecule has 0 aromatic heterocycles. The normalized spacial score (nSPS) is 46.1. The monoisotopic (exact) mass is 208 g/mol. The minimum Gasteiger partial charge on any atom is -0.466 e. The summed E-state index contributed by atoms with van der Waals surface area (Å²) in [7, 11) is 0. The Bertz CT molecular complexity index is 258. The number of hydrogen-bond donors (Lipinski definition) is 0. The maximum atomic E-state index is 11.5. The van der Waals surface area contributed by atoms with Crippen molar-refractivity contribution in [2.45, 2.75) is 39.0 Å². The van der Waals surface area contributed by atoms with E-state index in [0.29, 0.717) is 18.9 Å². The molecule has 3 aliphatic rings. The van der Waals surface area contributed by atoms with Gasteiger partial charge in [-0.25, -0.2) is 0 Å². The molecule has 3 rings (SSSR count). The van der Waals surface area contributed by atoms with Gasteiger partial charge in [0.2, 0.25) is 0 Å². The van der Waals surface area contributed by atoms with Gasteiger partial charge in [-0.05, 0) is 62.2 Å². The number of hydrogen-bond acceptors (Lipinski definition) is 2. The Kier molecular flexibility index (Phi) is 2.26. The Morgan fingerprint density at radius 3 is 2.47 bits per heavy atom. The van der Waals surface area contributed by atoms with Gasteiger partial charge in [0.1, 0.15) is 0 Å². The Hall–Kier alpha value is -0.530. The van der Waals surface area contributed by atoms with Crippen LogP contribution in [0.1, 0.15) is 39.0 Å². The van der Waals surface area contributed by atoms with Crippen LogP contribution in [0.15, 0.2) is 0 Å². The van der Waals surface area contributed by atoms with Crippen LogP contribution in [-0.2, 0) is 9.53 Å². The van der Waals surface area contributed by atoms with E-state index in [1.807, 2.05) is 6.92 Å². The second-order valence-electron chi connectivity index (χ2n) is 5.49. The van der Waals surface area contributed by atoms with Crippen molar-refractivity contribution in [1.82, 2.24) is 0 Å². The minimum atomic E-state index is 0.0382. The molecule has 0 bridgehead atoms. The van der Waals surface area contributed by atoms with E-state index in [1.165, 1.54) is 25.7 Å². The Morgan fingerprint density at radius 1 is 1.20 bits per heavy atom. The maximum Gasteiger partial charge on any atom is 0.306 e. The zero-order valence-corrected chi connectivity index (χ0v) is 9.45. The topological polar surface area (TPSA) is 26.3 Å². The summed E-state index contributed by atoms with van der Waals surface area (Å²) in [6.45, 7) is 2.43. The van der Waals surface area contributed by atoms with Crippen LogP contribution in [0.4, 0.5) is 0 Å². The highest BCUT2D eigenvalue weighted by molar-refractivity contribution is 5.70. The highest BCUT2D eigenvalue weighted by atomic mass is 16.5. The molecule has 0 heterocycles. The molecular formula is C13H20O2. The molecule has 2 unspecified atom stereocenters. The fraction of sp³-hybridized carbons (Fsp3) is 0.923. The SMILES string of the molecule is CCOC(=O)CC1[C@H]2CC[C@H]3CC[C@@H]1C32. The fourth-order valence-electron chi connectivity index (χ4n) is 4.63. The predicted octanol–water partition coefficient (Wildman–Crippen LogP) is 2.62. The summed E-state index contributed by atoms with van der Waals surface area (Å²) in [5.74, 6) is 4.51. The smallest absolute Gasteiger partial charge is 0.306 e.